The van der Waals surface area contributed by atoms with Crippen molar-refractivity contribution in [3.05, 3.63) is 0 Å². The van der Waals surface area contributed by atoms with Gasteiger partial charge in [0.15, 0.2) is 0 Å². The molecular weight excluding hydrogens is 208 g/mol. The monoisotopic (exact) mass is 228 g/mol. The number of likely N-dealkylation sites (N-methyl/N-ethyl adjacent to an activating group) is 1. The molecule has 1 heterocycles. The number of hydrogen-bond donors (Lipinski definition) is 1. The smallest absolute Gasteiger partial charge is 0.315 e. The SMILES string of the molecule is CCN1CCN(C(=O)C(C)C(=O)O)CC1C. The van der Waals surface area contributed by atoms with Crippen LogP contribution in [-0.4, -0.2) is 59.0 Å². The summed E-state index contributed by atoms with van der Waals surface area (Å²) in [4.78, 5) is 26.5. The largest absolute Gasteiger partial charge is 0.481 e. The molecule has 0 aromatic carbocycles. The van der Waals surface area contributed by atoms with Gasteiger partial charge in [-0.1, -0.05) is 6.92 Å². The normalized spacial score (nSPS) is 24.2. The van der Waals surface area contributed by atoms with Crippen LogP contribution >= 0.6 is 0 Å². The number of rotatable bonds is 3. The first-order valence-corrected chi connectivity index (χ1v) is 5.73. The molecule has 0 saturated carbocycles. The second-order valence-electron chi connectivity index (χ2n) is 4.32. The lowest BCUT2D eigenvalue weighted by Gasteiger charge is -2.39. The van der Waals surface area contributed by atoms with Crippen LogP contribution in [-0.2, 0) is 9.59 Å². The van der Waals surface area contributed by atoms with Gasteiger partial charge in [0.1, 0.15) is 5.92 Å². The van der Waals surface area contributed by atoms with Gasteiger partial charge in [0, 0.05) is 25.7 Å². The highest BCUT2D eigenvalue weighted by Crippen LogP contribution is 2.12. The van der Waals surface area contributed by atoms with E-state index in [9.17, 15) is 9.59 Å². The Hall–Kier alpha value is -1.10. The first-order chi connectivity index (χ1) is 7.47. The molecule has 5 heteroatoms. The molecule has 16 heavy (non-hydrogen) atoms. The number of carbonyl (C=O) groups is 2. The third kappa shape index (κ3) is 2.72. The second kappa shape index (κ2) is 5.30. The maximum atomic E-state index is 11.8. The van der Waals surface area contributed by atoms with Crippen molar-refractivity contribution in [2.24, 2.45) is 5.92 Å². The molecule has 1 fully saturated rings. The van der Waals surface area contributed by atoms with E-state index in [-0.39, 0.29) is 5.91 Å². The number of amides is 1. The standard InChI is InChI=1S/C11H20N2O3/c1-4-12-5-6-13(7-8(12)2)10(14)9(3)11(15)16/h8-9H,4-7H2,1-3H3,(H,15,16). The molecular formula is C11H20N2O3. The van der Waals surface area contributed by atoms with Gasteiger partial charge >= 0.3 is 5.97 Å². The Morgan fingerprint density at radius 1 is 1.44 bits per heavy atom. The Bertz CT molecular complexity index is 280. The van der Waals surface area contributed by atoms with Gasteiger partial charge in [-0.2, -0.15) is 0 Å². The molecule has 2 atom stereocenters. The van der Waals surface area contributed by atoms with Gasteiger partial charge in [-0.25, -0.2) is 0 Å². The Morgan fingerprint density at radius 3 is 2.50 bits per heavy atom. The van der Waals surface area contributed by atoms with Gasteiger partial charge in [0.05, 0.1) is 0 Å². The lowest BCUT2D eigenvalue weighted by atomic mass is 10.1. The van der Waals surface area contributed by atoms with Crippen LogP contribution < -0.4 is 0 Å². The van der Waals surface area contributed by atoms with Crippen LogP contribution in [0.5, 0.6) is 0 Å². The number of nitrogens with zero attached hydrogens (tertiary/aromatic N) is 2. The lowest BCUT2D eigenvalue weighted by molar-refractivity contribution is -0.151. The topological polar surface area (TPSA) is 60.9 Å². The van der Waals surface area contributed by atoms with Crippen LogP contribution in [0.2, 0.25) is 0 Å². The second-order valence-corrected chi connectivity index (χ2v) is 4.32. The fourth-order valence-corrected chi connectivity index (χ4v) is 2.04. The molecule has 1 N–H and O–H groups in total. The van der Waals surface area contributed by atoms with Gasteiger partial charge in [-0.3, -0.25) is 14.5 Å². The molecule has 0 bridgehead atoms. The maximum Gasteiger partial charge on any atom is 0.315 e. The minimum Gasteiger partial charge on any atom is -0.481 e. The van der Waals surface area contributed by atoms with Gasteiger partial charge in [-0.05, 0) is 20.4 Å². The van der Waals surface area contributed by atoms with Gasteiger partial charge in [-0.15, -0.1) is 0 Å². The zero-order chi connectivity index (χ0) is 12.3. The summed E-state index contributed by atoms with van der Waals surface area (Å²) in [6, 6.07) is 0.309. The van der Waals surface area contributed by atoms with Crippen molar-refractivity contribution >= 4 is 11.9 Å². The number of hydrogen-bond acceptors (Lipinski definition) is 3. The molecule has 0 spiro atoms. The predicted molar refractivity (Wildman–Crippen MR) is 60.1 cm³/mol. The third-order valence-electron chi connectivity index (χ3n) is 3.22. The highest BCUT2D eigenvalue weighted by Gasteiger charge is 2.30. The summed E-state index contributed by atoms with van der Waals surface area (Å²) in [5.74, 6) is -2.24. The fourth-order valence-electron chi connectivity index (χ4n) is 2.04. The molecule has 5 nitrogen and oxygen atoms in total. The van der Waals surface area contributed by atoms with E-state index in [0.717, 1.165) is 13.1 Å². The van der Waals surface area contributed by atoms with Crippen molar-refractivity contribution in [2.75, 3.05) is 26.2 Å². The molecule has 1 amide bonds. The molecule has 0 aromatic heterocycles. The zero-order valence-electron chi connectivity index (χ0n) is 10.1. The minimum absolute atomic E-state index is 0.268. The summed E-state index contributed by atoms with van der Waals surface area (Å²) >= 11 is 0. The molecule has 1 aliphatic rings. The first-order valence-electron chi connectivity index (χ1n) is 5.73. The van der Waals surface area contributed by atoms with Crippen LogP contribution in [0, 0.1) is 5.92 Å². The van der Waals surface area contributed by atoms with Crippen molar-refractivity contribution in [3.8, 4) is 0 Å². The van der Waals surface area contributed by atoms with Crippen LogP contribution in [0.1, 0.15) is 20.8 Å². The van der Waals surface area contributed by atoms with E-state index < -0.39 is 11.9 Å². The molecule has 1 aliphatic heterocycles. The van der Waals surface area contributed by atoms with Crippen molar-refractivity contribution in [3.63, 3.8) is 0 Å². The number of carboxylic acids is 1. The minimum atomic E-state index is -1.05. The summed E-state index contributed by atoms with van der Waals surface area (Å²) in [6.07, 6.45) is 0. The van der Waals surface area contributed by atoms with Crippen LogP contribution in [0.3, 0.4) is 0 Å². The van der Waals surface area contributed by atoms with Gasteiger partial charge < -0.3 is 10.0 Å². The summed E-state index contributed by atoms with van der Waals surface area (Å²) in [7, 11) is 0. The first kappa shape index (κ1) is 13.0. The van der Waals surface area contributed by atoms with Crippen molar-refractivity contribution in [1.29, 1.82) is 0 Å². The molecule has 0 radical (unpaired) electrons. The van der Waals surface area contributed by atoms with E-state index >= 15 is 0 Å². The van der Waals surface area contributed by atoms with E-state index in [4.69, 9.17) is 5.11 Å². The van der Waals surface area contributed by atoms with Crippen LogP contribution in [0.25, 0.3) is 0 Å². The van der Waals surface area contributed by atoms with E-state index in [2.05, 4.69) is 18.7 Å². The number of carbonyl (C=O) groups excluding carboxylic acids is 1. The van der Waals surface area contributed by atoms with Crippen molar-refractivity contribution < 1.29 is 14.7 Å². The molecule has 0 aliphatic carbocycles. The summed E-state index contributed by atoms with van der Waals surface area (Å²) in [5, 5.41) is 8.79. The molecule has 0 aromatic rings. The van der Waals surface area contributed by atoms with Gasteiger partial charge in [0.2, 0.25) is 5.91 Å². The number of carboxylic acid groups (broad SMARTS) is 1. The Balaban J connectivity index is 2.57. The fraction of sp³-hybridized carbons (Fsp3) is 0.818. The number of piperazine rings is 1. The Morgan fingerprint density at radius 2 is 2.06 bits per heavy atom. The van der Waals surface area contributed by atoms with E-state index in [1.54, 1.807) is 4.90 Å². The van der Waals surface area contributed by atoms with E-state index in [0.29, 0.717) is 19.1 Å². The lowest BCUT2D eigenvalue weighted by Crippen LogP contribution is -2.54. The molecule has 1 rings (SSSR count). The summed E-state index contributed by atoms with van der Waals surface area (Å²) < 4.78 is 0. The van der Waals surface area contributed by atoms with Crippen molar-refractivity contribution in [1.82, 2.24) is 9.80 Å². The zero-order valence-corrected chi connectivity index (χ0v) is 10.1. The maximum absolute atomic E-state index is 11.8. The van der Waals surface area contributed by atoms with Crippen LogP contribution in [0.15, 0.2) is 0 Å². The third-order valence-corrected chi connectivity index (χ3v) is 3.22. The quantitative estimate of drug-likeness (QED) is 0.704. The highest BCUT2D eigenvalue weighted by molar-refractivity contribution is 5.96. The Labute approximate surface area is 96.0 Å². The number of aliphatic carboxylic acids is 1. The summed E-state index contributed by atoms with van der Waals surface area (Å²) in [5.41, 5.74) is 0. The highest BCUT2D eigenvalue weighted by atomic mass is 16.4. The average Bonchev–Trinajstić information content (AvgIpc) is 2.26. The van der Waals surface area contributed by atoms with Crippen molar-refractivity contribution in [2.45, 2.75) is 26.8 Å². The Kier molecular flexibility index (Phi) is 4.29. The molecule has 2 unspecified atom stereocenters. The van der Waals surface area contributed by atoms with Gasteiger partial charge in [0.25, 0.3) is 0 Å². The van der Waals surface area contributed by atoms with Crippen LogP contribution in [0.4, 0.5) is 0 Å². The van der Waals surface area contributed by atoms with E-state index in [1.165, 1.54) is 6.92 Å². The molecule has 1 saturated heterocycles. The average molecular weight is 228 g/mol. The summed E-state index contributed by atoms with van der Waals surface area (Å²) in [6.45, 7) is 8.66. The molecule has 92 valence electrons. The van der Waals surface area contributed by atoms with E-state index in [1.807, 2.05) is 0 Å². The predicted octanol–water partition coefficient (Wildman–Crippen LogP) is 0.260.